The number of hydrogen-bond acceptors (Lipinski definition) is 3. The Morgan fingerprint density at radius 1 is 1.20 bits per heavy atom. The first kappa shape index (κ1) is 15.8. The molecule has 0 heterocycles. The molecule has 0 bridgehead atoms. The first-order valence-electron chi connectivity index (χ1n) is 8.10. The first-order chi connectivity index (χ1) is 9.35. The van der Waals surface area contributed by atoms with Gasteiger partial charge in [0.25, 0.3) is 0 Å². The second-order valence-corrected chi connectivity index (χ2v) is 7.44. The number of aliphatic hydroxyl groups excluding tert-OH is 1. The highest BCUT2D eigenvalue weighted by atomic mass is 16.3. The number of nitrogens with one attached hydrogen (secondary N) is 1. The van der Waals surface area contributed by atoms with Crippen LogP contribution in [0.2, 0.25) is 0 Å². The largest absolute Gasteiger partial charge is 0.392 e. The van der Waals surface area contributed by atoms with Crippen LogP contribution in [0.15, 0.2) is 0 Å². The molecule has 0 radical (unpaired) electrons. The second-order valence-electron chi connectivity index (χ2n) is 7.44. The Balaban J connectivity index is 1.91. The van der Waals surface area contributed by atoms with Crippen LogP contribution >= 0.6 is 0 Å². The lowest BCUT2D eigenvalue weighted by atomic mass is 9.72. The fraction of sp³-hybridized carbons (Fsp3) is 0.938. The second kappa shape index (κ2) is 6.02. The zero-order valence-electron chi connectivity index (χ0n) is 13.0. The van der Waals surface area contributed by atoms with Gasteiger partial charge in [-0.15, -0.1) is 0 Å². The molecule has 0 aliphatic heterocycles. The van der Waals surface area contributed by atoms with E-state index in [9.17, 15) is 9.90 Å². The van der Waals surface area contributed by atoms with Crippen molar-refractivity contribution in [2.24, 2.45) is 17.1 Å². The minimum Gasteiger partial charge on any atom is -0.392 e. The maximum atomic E-state index is 12.4. The lowest BCUT2D eigenvalue weighted by molar-refractivity contribution is -0.129. The van der Waals surface area contributed by atoms with E-state index in [0.29, 0.717) is 6.54 Å². The van der Waals surface area contributed by atoms with E-state index in [4.69, 9.17) is 5.73 Å². The molecule has 116 valence electrons. The molecule has 4 unspecified atom stereocenters. The van der Waals surface area contributed by atoms with Gasteiger partial charge in [0.05, 0.1) is 12.0 Å². The number of amides is 1. The van der Waals surface area contributed by atoms with Gasteiger partial charge in [0.1, 0.15) is 0 Å². The van der Waals surface area contributed by atoms with E-state index in [2.05, 4.69) is 12.2 Å². The van der Waals surface area contributed by atoms with E-state index in [1.807, 2.05) is 6.92 Å². The minimum absolute atomic E-state index is 0.0775. The lowest BCUT2D eigenvalue weighted by Crippen LogP contribution is -2.54. The molecule has 4 nitrogen and oxygen atoms in total. The summed E-state index contributed by atoms with van der Waals surface area (Å²) >= 11 is 0. The predicted molar refractivity (Wildman–Crippen MR) is 80.1 cm³/mol. The number of aliphatic hydroxyl groups is 1. The third kappa shape index (κ3) is 3.34. The van der Waals surface area contributed by atoms with Crippen LogP contribution in [0.5, 0.6) is 0 Å². The molecule has 1 amide bonds. The van der Waals surface area contributed by atoms with E-state index in [1.54, 1.807) is 0 Å². The summed E-state index contributed by atoms with van der Waals surface area (Å²) in [5.41, 5.74) is 5.73. The number of rotatable bonds is 3. The molecule has 0 aromatic heterocycles. The van der Waals surface area contributed by atoms with Crippen molar-refractivity contribution in [3.05, 3.63) is 0 Å². The molecule has 0 aromatic rings. The summed E-state index contributed by atoms with van der Waals surface area (Å²) in [6.45, 7) is 4.65. The number of carbonyl (C=O) groups is 1. The van der Waals surface area contributed by atoms with Gasteiger partial charge in [0.15, 0.2) is 0 Å². The Kier molecular flexibility index (Phi) is 4.75. The van der Waals surface area contributed by atoms with Crippen LogP contribution in [0.4, 0.5) is 0 Å². The summed E-state index contributed by atoms with van der Waals surface area (Å²) in [7, 11) is 0. The van der Waals surface area contributed by atoms with E-state index in [1.165, 1.54) is 0 Å². The molecule has 20 heavy (non-hydrogen) atoms. The molecule has 0 aromatic carbocycles. The van der Waals surface area contributed by atoms with E-state index < -0.39 is 0 Å². The van der Waals surface area contributed by atoms with Crippen LogP contribution in [-0.4, -0.2) is 29.2 Å². The van der Waals surface area contributed by atoms with Crippen molar-refractivity contribution in [1.29, 1.82) is 0 Å². The van der Waals surface area contributed by atoms with Crippen molar-refractivity contribution < 1.29 is 9.90 Å². The van der Waals surface area contributed by atoms with Crippen molar-refractivity contribution in [3.8, 4) is 0 Å². The number of hydrogen-bond donors (Lipinski definition) is 3. The molecule has 4 heteroatoms. The Morgan fingerprint density at radius 3 is 2.50 bits per heavy atom. The SMILES string of the molecule is CC1(N)CCCCC1C(=O)NCC1(C)CCCCC1O. The third-order valence-electron chi connectivity index (χ3n) is 5.52. The topological polar surface area (TPSA) is 75.4 Å². The van der Waals surface area contributed by atoms with Gasteiger partial charge in [0.2, 0.25) is 5.91 Å². The van der Waals surface area contributed by atoms with Gasteiger partial charge in [0, 0.05) is 17.5 Å². The van der Waals surface area contributed by atoms with Crippen LogP contribution in [0.25, 0.3) is 0 Å². The van der Waals surface area contributed by atoms with Crippen LogP contribution in [0.1, 0.15) is 65.2 Å². The average Bonchev–Trinajstić information content (AvgIpc) is 2.39. The highest BCUT2D eigenvalue weighted by molar-refractivity contribution is 5.80. The quantitative estimate of drug-likeness (QED) is 0.740. The maximum absolute atomic E-state index is 12.4. The number of nitrogens with two attached hydrogens (primary N) is 1. The van der Waals surface area contributed by atoms with Crippen LogP contribution in [0.3, 0.4) is 0 Å². The van der Waals surface area contributed by atoms with Crippen molar-refractivity contribution >= 4 is 5.91 Å². The molecule has 2 aliphatic carbocycles. The molecule has 2 fully saturated rings. The average molecular weight is 282 g/mol. The molecule has 0 spiro atoms. The Labute approximate surface area is 122 Å². The molecular weight excluding hydrogens is 252 g/mol. The predicted octanol–water partition coefficient (Wildman–Crippen LogP) is 1.95. The van der Waals surface area contributed by atoms with E-state index in [0.717, 1.165) is 51.4 Å². The molecule has 0 saturated heterocycles. The summed E-state index contributed by atoms with van der Waals surface area (Å²) in [6, 6.07) is 0. The van der Waals surface area contributed by atoms with Gasteiger partial charge >= 0.3 is 0 Å². The third-order valence-corrected chi connectivity index (χ3v) is 5.52. The minimum atomic E-state index is -0.381. The van der Waals surface area contributed by atoms with Gasteiger partial charge < -0.3 is 16.2 Å². The zero-order valence-corrected chi connectivity index (χ0v) is 13.0. The first-order valence-corrected chi connectivity index (χ1v) is 8.10. The molecule has 4 N–H and O–H groups in total. The number of carbonyl (C=O) groups excluding carboxylic acids is 1. The van der Waals surface area contributed by atoms with Crippen molar-refractivity contribution in [3.63, 3.8) is 0 Å². The summed E-state index contributed by atoms with van der Waals surface area (Å²) < 4.78 is 0. The summed E-state index contributed by atoms with van der Waals surface area (Å²) in [4.78, 5) is 12.4. The van der Waals surface area contributed by atoms with Crippen LogP contribution in [-0.2, 0) is 4.79 Å². The maximum Gasteiger partial charge on any atom is 0.224 e. The van der Waals surface area contributed by atoms with E-state index in [-0.39, 0.29) is 28.9 Å². The molecule has 4 atom stereocenters. The standard InChI is InChI=1S/C16H30N2O2/c1-15(9-5-4-8-13(15)19)11-18-14(20)12-7-3-6-10-16(12,2)17/h12-13,19H,3-11,17H2,1-2H3,(H,18,20). The van der Waals surface area contributed by atoms with Crippen LogP contribution < -0.4 is 11.1 Å². The van der Waals surface area contributed by atoms with Crippen LogP contribution in [0, 0.1) is 11.3 Å². The summed E-state index contributed by atoms with van der Waals surface area (Å²) in [5.74, 6) is -0.00529. The lowest BCUT2D eigenvalue weighted by Gasteiger charge is -2.41. The zero-order chi connectivity index (χ0) is 14.8. The summed E-state index contributed by atoms with van der Waals surface area (Å²) in [6.07, 6.45) is 7.78. The fourth-order valence-corrected chi connectivity index (χ4v) is 3.79. The van der Waals surface area contributed by atoms with Gasteiger partial charge in [-0.05, 0) is 32.6 Å². The monoisotopic (exact) mass is 282 g/mol. The van der Waals surface area contributed by atoms with Crippen molar-refractivity contribution in [2.75, 3.05) is 6.54 Å². The van der Waals surface area contributed by atoms with Gasteiger partial charge in [-0.1, -0.05) is 32.6 Å². The molecule has 2 rings (SSSR count). The highest BCUT2D eigenvalue weighted by Crippen LogP contribution is 2.36. The van der Waals surface area contributed by atoms with Gasteiger partial charge in [-0.25, -0.2) is 0 Å². The van der Waals surface area contributed by atoms with Crippen molar-refractivity contribution in [1.82, 2.24) is 5.32 Å². The molecule has 2 aliphatic rings. The fourth-order valence-electron chi connectivity index (χ4n) is 3.79. The Hall–Kier alpha value is -0.610. The highest BCUT2D eigenvalue weighted by Gasteiger charge is 2.40. The van der Waals surface area contributed by atoms with Gasteiger partial charge in [-0.3, -0.25) is 4.79 Å². The Bertz CT molecular complexity index is 356. The molecule has 2 saturated carbocycles. The smallest absolute Gasteiger partial charge is 0.224 e. The normalized spacial score (nSPS) is 42.2. The van der Waals surface area contributed by atoms with E-state index >= 15 is 0 Å². The summed E-state index contributed by atoms with van der Waals surface area (Å²) in [5, 5.41) is 13.2. The Morgan fingerprint density at radius 2 is 1.85 bits per heavy atom. The van der Waals surface area contributed by atoms with Gasteiger partial charge in [-0.2, -0.15) is 0 Å². The molecular formula is C16H30N2O2. The van der Waals surface area contributed by atoms with Crippen molar-refractivity contribution in [2.45, 2.75) is 76.9 Å².